The summed E-state index contributed by atoms with van der Waals surface area (Å²) in [5.74, 6) is 0. The molecule has 0 saturated heterocycles. The molecule has 0 spiro atoms. The molecule has 0 aromatic heterocycles. The highest BCUT2D eigenvalue weighted by atomic mass is 32.5. The molecule has 0 aliphatic carbocycles. The van der Waals surface area contributed by atoms with E-state index in [1.54, 1.807) is 0 Å². The van der Waals surface area contributed by atoms with Crippen LogP contribution in [0.15, 0.2) is 0 Å². The van der Waals surface area contributed by atoms with Gasteiger partial charge in [0.05, 0.1) is 33.0 Å². The molecule has 0 saturated carbocycles. The Labute approximate surface area is 179 Å². The van der Waals surface area contributed by atoms with Crippen molar-refractivity contribution in [1.29, 1.82) is 0 Å². The van der Waals surface area contributed by atoms with Crippen LogP contribution in [0.25, 0.3) is 0 Å². The van der Waals surface area contributed by atoms with Gasteiger partial charge in [-0.3, -0.25) is 4.52 Å². The highest BCUT2D eigenvalue weighted by Gasteiger charge is 2.31. The third kappa shape index (κ3) is 19.2. The molecule has 0 heterocycles. The van der Waals surface area contributed by atoms with Crippen molar-refractivity contribution in [2.45, 2.75) is 60.3 Å². The second-order valence-electron chi connectivity index (χ2n) is 5.03. The molecule has 0 unspecified atom stereocenters. The van der Waals surface area contributed by atoms with Crippen LogP contribution in [0.2, 0.25) is 0 Å². The van der Waals surface area contributed by atoms with E-state index in [0.717, 1.165) is 25.7 Å². The van der Waals surface area contributed by atoms with Crippen LogP contribution in [0.4, 0.5) is 0 Å². The van der Waals surface area contributed by atoms with Crippen LogP contribution in [0.1, 0.15) is 60.3 Å². The predicted octanol–water partition coefficient (Wildman–Crippen LogP) is 5.27. The minimum atomic E-state index is -4.21. The molecule has 14 heteroatoms. The SMILES string of the molecule is CCCCCCOP(=O)(O)O.CCOP(=S)(OCC)OP(=S)(OCC)OCC. The fraction of sp³-hybridized carbons (Fsp3) is 1.00. The molecule has 2 N–H and O–H groups in total. The molecule has 0 bridgehead atoms. The van der Waals surface area contributed by atoms with Crippen LogP contribution in [0.3, 0.4) is 0 Å². The summed E-state index contributed by atoms with van der Waals surface area (Å²) in [6.07, 6.45) is 3.88. The zero-order chi connectivity index (χ0) is 22.1. The Morgan fingerprint density at radius 2 is 1.07 bits per heavy atom. The molecule has 172 valence electrons. The van der Waals surface area contributed by atoms with Gasteiger partial charge < -0.3 is 27.9 Å². The standard InChI is InChI=1S/C8H20O5P2S2.C6H15O4P/c1-5-9-14(16,10-6-2)13-15(17,11-7-3)12-8-4;1-2-3-4-5-6-10-11(7,8)9/h5-8H2,1-4H3;2-6H2,1H3,(H2,7,8,9). The Balaban J connectivity index is 0. The number of hydrogen-bond donors (Lipinski definition) is 2. The van der Waals surface area contributed by atoms with Gasteiger partial charge >= 0.3 is 21.3 Å². The van der Waals surface area contributed by atoms with E-state index < -0.39 is 21.3 Å². The third-order valence-corrected chi connectivity index (χ3v) is 9.49. The van der Waals surface area contributed by atoms with Crippen LogP contribution in [0, 0.1) is 0 Å². The molecule has 0 aliphatic rings. The molecular weight excluding hydrogens is 469 g/mol. The first-order valence-corrected chi connectivity index (χ1v) is 15.8. The van der Waals surface area contributed by atoms with Crippen molar-refractivity contribution in [3.63, 3.8) is 0 Å². The van der Waals surface area contributed by atoms with E-state index >= 15 is 0 Å². The summed E-state index contributed by atoms with van der Waals surface area (Å²) in [5.41, 5.74) is 0. The minimum Gasteiger partial charge on any atom is -0.309 e. The second kappa shape index (κ2) is 17.8. The fourth-order valence-corrected chi connectivity index (χ4v) is 8.38. The van der Waals surface area contributed by atoms with Crippen LogP contribution >= 0.6 is 21.3 Å². The smallest absolute Gasteiger partial charge is 0.309 e. The molecule has 9 nitrogen and oxygen atoms in total. The van der Waals surface area contributed by atoms with Gasteiger partial charge in [0.1, 0.15) is 0 Å². The first-order valence-electron chi connectivity index (χ1n) is 9.20. The lowest BCUT2D eigenvalue weighted by molar-refractivity contribution is 0.176. The summed E-state index contributed by atoms with van der Waals surface area (Å²) in [6, 6.07) is 0. The lowest BCUT2D eigenvalue weighted by atomic mass is 10.2. The maximum atomic E-state index is 10.1. The zero-order valence-electron chi connectivity index (χ0n) is 17.3. The van der Waals surface area contributed by atoms with E-state index in [0.29, 0.717) is 26.4 Å². The normalized spacial score (nSPS) is 12.5. The Morgan fingerprint density at radius 3 is 1.36 bits per heavy atom. The monoisotopic (exact) mass is 504 g/mol. The first kappa shape index (κ1) is 31.4. The number of hydrogen-bond acceptors (Lipinski definition) is 9. The summed E-state index contributed by atoms with van der Waals surface area (Å²) < 4.78 is 41.3. The molecule has 0 fully saturated rings. The predicted molar refractivity (Wildman–Crippen MR) is 118 cm³/mol. The lowest BCUT2D eigenvalue weighted by Crippen LogP contribution is -2.03. The van der Waals surface area contributed by atoms with Gasteiger partial charge in [-0.1, -0.05) is 26.2 Å². The number of phosphoric acid groups is 1. The van der Waals surface area contributed by atoms with E-state index in [1.807, 2.05) is 27.7 Å². The van der Waals surface area contributed by atoms with Gasteiger partial charge in [0.2, 0.25) is 0 Å². The topological polar surface area (TPSA) is 113 Å². The van der Waals surface area contributed by atoms with Crippen molar-refractivity contribution >= 4 is 44.9 Å². The summed E-state index contributed by atoms with van der Waals surface area (Å²) in [4.78, 5) is 16.5. The van der Waals surface area contributed by atoms with Gasteiger partial charge in [0.25, 0.3) is 0 Å². The highest BCUT2D eigenvalue weighted by molar-refractivity contribution is 8.14. The first-order chi connectivity index (χ1) is 13.0. The summed E-state index contributed by atoms with van der Waals surface area (Å²) in [5, 5.41) is 0. The van der Waals surface area contributed by atoms with Crippen molar-refractivity contribution < 1.29 is 41.3 Å². The maximum Gasteiger partial charge on any atom is 0.469 e. The van der Waals surface area contributed by atoms with E-state index in [4.69, 9.17) is 55.8 Å². The van der Waals surface area contributed by atoms with Gasteiger partial charge in [-0.05, 0) is 57.7 Å². The van der Waals surface area contributed by atoms with Gasteiger partial charge in [-0.25, -0.2) is 8.88 Å². The van der Waals surface area contributed by atoms with Crippen LogP contribution in [-0.2, 0) is 55.1 Å². The van der Waals surface area contributed by atoms with E-state index in [1.165, 1.54) is 0 Å². The molecule has 0 rings (SSSR count). The molecule has 0 atom stereocenters. The molecule has 0 aliphatic heterocycles. The van der Waals surface area contributed by atoms with Crippen molar-refractivity contribution in [3.8, 4) is 0 Å². The van der Waals surface area contributed by atoms with Crippen LogP contribution < -0.4 is 0 Å². The van der Waals surface area contributed by atoms with Crippen molar-refractivity contribution in [2.24, 2.45) is 0 Å². The van der Waals surface area contributed by atoms with Crippen LogP contribution in [-0.4, -0.2) is 42.8 Å². The largest absolute Gasteiger partial charge is 0.469 e. The minimum absolute atomic E-state index is 0.157. The number of rotatable bonds is 16. The Bertz CT molecular complexity index is 468. The average Bonchev–Trinajstić information content (AvgIpc) is 2.54. The van der Waals surface area contributed by atoms with Gasteiger partial charge in [0.15, 0.2) is 0 Å². The van der Waals surface area contributed by atoms with Gasteiger partial charge in [-0.15, -0.1) is 0 Å². The molecule has 0 aromatic rings. The Morgan fingerprint density at radius 1 is 0.679 bits per heavy atom. The van der Waals surface area contributed by atoms with E-state index in [-0.39, 0.29) is 6.61 Å². The number of unbranched alkanes of at least 4 members (excludes halogenated alkanes) is 3. The second-order valence-corrected chi connectivity index (χ2v) is 12.4. The van der Waals surface area contributed by atoms with Crippen molar-refractivity contribution in [3.05, 3.63) is 0 Å². The quantitative estimate of drug-likeness (QED) is 0.212. The van der Waals surface area contributed by atoms with Crippen LogP contribution in [0.5, 0.6) is 0 Å². The maximum absolute atomic E-state index is 10.1. The summed E-state index contributed by atoms with van der Waals surface area (Å²) >= 11 is 10.4. The van der Waals surface area contributed by atoms with Gasteiger partial charge in [-0.2, -0.15) is 0 Å². The van der Waals surface area contributed by atoms with Crippen molar-refractivity contribution in [2.75, 3.05) is 33.0 Å². The molecule has 28 heavy (non-hydrogen) atoms. The fourth-order valence-electron chi connectivity index (χ4n) is 1.64. The molecule has 0 amide bonds. The lowest BCUT2D eigenvalue weighted by Gasteiger charge is -2.27. The van der Waals surface area contributed by atoms with Crippen molar-refractivity contribution in [1.82, 2.24) is 0 Å². The van der Waals surface area contributed by atoms with Gasteiger partial charge in [0, 0.05) is 0 Å². The molecule has 0 aromatic carbocycles. The third-order valence-electron chi connectivity index (χ3n) is 2.61. The summed E-state index contributed by atoms with van der Waals surface area (Å²) in [6.45, 7) is 5.32. The molecule has 0 radical (unpaired) electrons. The van der Waals surface area contributed by atoms with E-state index in [9.17, 15) is 4.57 Å². The highest BCUT2D eigenvalue weighted by Crippen LogP contribution is 2.66. The number of phosphoric ester groups is 1. The Hall–Kier alpha value is 1.21. The van der Waals surface area contributed by atoms with E-state index in [2.05, 4.69) is 11.4 Å². The Kier molecular flexibility index (Phi) is 20.0. The molecular formula is C14H35O9P3S2. The summed E-state index contributed by atoms with van der Waals surface area (Å²) in [7, 11) is -4.21. The zero-order valence-corrected chi connectivity index (χ0v) is 21.6. The average molecular weight is 504 g/mol.